The van der Waals surface area contributed by atoms with Gasteiger partial charge in [-0.3, -0.25) is 14.8 Å². The van der Waals surface area contributed by atoms with Gasteiger partial charge in [0.15, 0.2) is 0 Å². The van der Waals surface area contributed by atoms with Crippen LogP contribution < -0.4 is 4.90 Å². The van der Waals surface area contributed by atoms with E-state index in [4.69, 9.17) is 9.97 Å². The van der Waals surface area contributed by atoms with Crippen molar-refractivity contribution in [2.45, 2.75) is 51.2 Å². The monoisotopic (exact) mass is 428 g/mol. The van der Waals surface area contributed by atoms with Crippen molar-refractivity contribution in [1.29, 1.82) is 0 Å². The van der Waals surface area contributed by atoms with Crippen molar-refractivity contribution in [3.05, 3.63) is 59.7 Å². The third-order valence-electron chi connectivity index (χ3n) is 7.86. The lowest BCUT2D eigenvalue weighted by Gasteiger charge is -2.44. The van der Waals surface area contributed by atoms with Crippen molar-refractivity contribution < 1.29 is 0 Å². The molecule has 0 bridgehead atoms. The molecular formula is C26H32N6. The van der Waals surface area contributed by atoms with Crippen LogP contribution in [-0.2, 0) is 13.0 Å². The summed E-state index contributed by atoms with van der Waals surface area (Å²) < 4.78 is 0. The number of anilines is 1. The van der Waals surface area contributed by atoms with E-state index in [1.54, 1.807) is 6.33 Å². The quantitative estimate of drug-likeness (QED) is 0.630. The van der Waals surface area contributed by atoms with Crippen LogP contribution in [0.1, 0.15) is 49.0 Å². The predicted molar refractivity (Wildman–Crippen MR) is 128 cm³/mol. The summed E-state index contributed by atoms with van der Waals surface area (Å²) in [4.78, 5) is 21.9. The van der Waals surface area contributed by atoms with Crippen molar-refractivity contribution >= 4 is 16.7 Å². The first-order valence-electron chi connectivity index (χ1n) is 12.2. The van der Waals surface area contributed by atoms with Crippen LogP contribution in [0, 0.1) is 0 Å². The fraction of sp³-hybridized carbons (Fsp3) is 0.500. The van der Waals surface area contributed by atoms with Gasteiger partial charge in [0, 0.05) is 68.5 Å². The molecule has 3 aromatic rings. The lowest BCUT2D eigenvalue weighted by molar-refractivity contribution is 0.120. The van der Waals surface area contributed by atoms with Crippen LogP contribution in [0.4, 0.5) is 5.82 Å². The highest BCUT2D eigenvalue weighted by molar-refractivity contribution is 5.78. The second kappa shape index (κ2) is 8.41. The van der Waals surface area contributed by atoms with Crippen LogP contribution in [0.25, 0.3) is 10.9 Å². The largest absolute Gasteiger partial charge is 0.354 e. The zero-order valence-corrected chi connectivity index (χ0v) is 19.0. The maximum absolute atomic E-state index is 4.75. The molecule has 2 aliphatic heterocycles. The summed E-state index contributed by atoms with van der Waals surface area (Å²) in [6.07, 6.45) is 9.02. The Morgan fingerprint density at radius 3 is 2.62 bits per heavy atom. The normalized spacial score (nSPS) is 21.3. The Bertz CT molecular complexity index is 1100. The topological polar surface area (TPSA) is 48.4 Å². The first-order valence-corrected chi connectivity index (χ1v) is 12.2. The van der Waals surface area contributed by atoms with Crippen LogP contribution >= 0.6 is 0 Å². The molecule has 3 aliphatic rings. The molecule has 1 saturated heterocycles. The number of nitrogens with zero attached hydrogens (tertiary/aromatic N) is 6. The number of rotatable bonds is 4. The highest BCUT2D eigenvalue weighted by atomic mass is 15.3. The van der Waals surface area contributed by atoms with Crippen molar-refractivity contribution in [3.63, 3.8) is 0 Å². The number of aromatic nitrogens is 3. The average molecular weight is 429 g/mol. The number of piperazine rings is 1. The SMILES string of the molecule is CC(c1cnc2ccccc2c1)N1CCc2c(ncnc2N2CCN(C3CCC3)CC2)C1. The van der Waals surface area contributed by atoms with Gasteiger partial charge >= 0.3 is 0 Å². The van der Waals surface area contributed by atoms with E-state index in [1.807, 2.05) is 12.3 Å². The number of hydrogen-bond donors (Lipinski definition) is 0. The van der Waals surface area contributed by atoms with Gasteiger partial charge in [-0.1, -0.05) is 24.6 Å². The van der Waals surface area contributed by atoms with E-state index in [1.165, 1.54) is 60.4 Å². The van der Waals surface area contributed by atoms with Gasteiger partial charge in [-0.2, -0.15) is 0 Å². The number of fused-ring (bicyclic) bond motifs is 2. The minimum absolute atomic E-state index is 0.310. The first kappa shape index (κ1) is 20.1. The molecule has 1 atom stereocenters. The Labute approximate surface area is 190 Å². The second-order valence-electron chi connectivity index (χ2n) is 9.59. The molecule has 0 radical (unpaired) electrons. The van der Waals surface area contributed by atoms with Crippen molar-refractivity contribution in [2.75, 3.05) is 37.6 Å². The molecule has 166 valence electrons. The first-order chi connectivity index (χ1) is 15.8. The zero-order chi connectivity index (χ0) is 21.5. The van der Waals surface area contributed by atoms with E-state index >= 15 is 0 Å². The van der Waals surface area contributed by atoms with Crippen LogP contribution in [0.2, 0.25) is 0 Å². The number of benzene rings is 1. The summed E-state index contributed by atoms with van der Waals surface area (Å²) in [6.45, 7) is 8.71. The van der Waals surface area contributed by atoms with Gasteiger partial charge in [0.1, 0.15) is 12.1 Å². The maximum Gasteiger partial charge on any atom is 0.135 e. The van der Waals surface area contributed by atoms with Gasteiger partial charge in [-0.15, -0.1) is 0 Å². The lowest BCUT2D eigenvalue weighted by atomic mass is 9.91. The molecule has 6 nitrogen and oxygen atoms in total. The molecule has 2 fully saturated rings. The zero-order valence-electron chi connectivity index (χ0n) is 19.0. The predicted octanol–water partition coefficient (Wildman–Crippen LogP) is 3.82. The molecule has 0 N–H and O–H groups in total. The Morgan fingerprint density at radius 2 is 1.81 bits per heavy atom. The summed E-state index contributed by atoms with van der Waals surface area (Å²) in [5.41, 5.74) is 4.89. The van der Waals surface area contributed by atoms with E-state index in [-0.39, 0.29) is 0 Å². The van der Waals surface area contributed by atoms with Crippen molar-refractivity contribution in [2.24, 2.45) is 0 Å². The molecule has 2 aromatic heterocycles. The van der Waals surface area contributed by atoms with Crippen LogP contribution in [0.5, 0.6) is 0 Å². The lowest BCUT2D eigenvalue weighted by Crippen LogP contribution is -2.52. The molecule has 1 aromatic carbocycles. The molecule has 4 heterocycles. The Hall–Kier alpha value is -2.57. The molecule has 1 unspecified atom stereocenters. The van der Waals surface area contributed by atoms with Gasteiger partial charge in [0.2, 0.25) is 0 Å². The smallest absolute Gasteiger partial charge is 0.135 e. The number of para-hydroxylation sites is 1. The highest BCUT2D eigenvalue weighted by Crippen LogP contribution is 2.32. The standard InChI is InChI=1S/C26H32N6/c1-19(21-15-20-5-2-3-8-24(20)27-16-21)32-10-9-23-25(17-32)28-18-29-26(23)31-13-11-30(12-14-31)22-6-4-7-22/h2-3,5,8,15-16,18-19,22H,4,6-7,9-14,17H2,1H3. The third kappa shape index (κ3) is 3.65. The van der Waals surface area contributed by atoms with Crippen LogP contribution in [-0.4, -0.2) is 63.5 Å². The second-order valence-corrected chi connectivity index (χ2v) is 9.59. The molecule has 32 heavy (non-hydrogen) atoms. The number of hydrogen-bond acceptors (Lipinski definition) is 6. The fourth-order valence-corrected chi connectivity index (χ4v) is 5.54. The minimum Gasteiger partial charge on any atom is -0.354 e. The van der Waals surface area contributed by atoms with E-state index in [0.29, 0.717) is 6.04 Å². The van der Waals surface area contributed by atoms with E-state index in [0.717, 1.165) is 44.2 Å². The Morgan fingerprint density at radius 1 is 0.969 bits per heavy atom. The van der Waals surface area contributed by atoms with Gasteiger partial charge in [0.05, 0.1) is 11.2 Å². The molecule has 1 aliphatic carbocycles. The average Bonchev–Trinajstić information content (AvgIpc) is 2.82. The van der Waals surface area contributed by atoms with Crippen LogP contribution in [0.3, 0.4) is 0 Å². The number of pyridine rings is 1. The fourth-order valence-electron chi connectivity index (χ4n) is 5.54. The minimum atomic E-state index is 0.310. The van der Waals surface area contributed by atoms with Gasteiger partial charge in [-0.05, 0) is 43.9 Å². The molecule has 6 rings (SSSR count). The summed E-state index contributed by atoms with van der Waals surface area (Å²) in [7, 11) is 0. The van der Waals surface area contributed by atoms with Gasteiger partial charge in [-0.25, -0.2) is 9.97 Å². The van der Waals surface area contributed by atoms with E-state index in [9.17, 15) is 0 Å². The summed E-state index contributed by atoms with van der Waals surface area (Å²) in [6, 6.07) is 11.8. The summed E-state index contributed by atoms with van der Waals surface area (Å²) in [5, 5.41) is 1.21. The molecular weight excluding hydrogens is 396 g/mol. The summed E-state index contributed by atoms with van der Waals surface area (Å²) >= 11 is 0. The molecule has 1 saturated carbocycles. The van der Waals surface area contributed by atoms with Crippen molar-refractivity contribution in [1.82, 2.24) is 24.8 Å². The van der Waals surface area contributed by atoms with E-state index < -0.39 is 0 Å². The molecule has 0 amide bonds. The Balaban J connectivity index is 1.17. The van der Waals surface area contributed by atoms with E-state index in [2.05, 4.69) is 50.9 Å². The molecule has 0 spiro atoms. The van der Waals surface area contributed by atoms with Crippen LogP contribution in [0.15, 0.2) is 42.9 Å². The third-order valence-corrected chi connectivity index (χ3v) is 7.86. The van der Waals surface area contributed by atoms with Gasteiger partial charge < -0.3 is 4.90 Å². The van der Waals surface area contributed by atoms with Gasteiger partial charge in [0.25, 0.3) is 0 Å². The van der Waals surface area contributed by atoms with Crippen molar-refractivity contribution in [3.8, 4) is 0 Å². The Kier molecular flexibility index (Phi) is 5.27. The maximum atomic E-state index is 4.75. The summed E-state index contributed by atoms with van der Waals surface area (Å²) in [5.74, 6) is 1.18. The molecule has 6 heteroatoms. The highest BCUT2D eigenvalue weighted by Gasteiger charge is 2.31.